The molecule has 118 valence electrons. The molecule has 3 nitrogen and oxygen atoms in total. The molecule has 1 atom stereocenters. The number of ether oxygens (including phenoxy) is 1. The van der Waals surface area contributed by atoms with Crippen molar-refractivity contribution in [1.29, 1.82) is 0 Å². The highest BCUT2D eigenvalue weighted by molar-refractivity contribution is 5.26. The fourth-order valence-electron chi connectivity index (χ4n) is 2.37. The molecule has 0 unspecified atom stereocenters. The molecule has 0 spiro atoms. The van der Waals surface area contributed by atoms with E-state index >= 15 is 0 Å². The molecule has 0 saturated carbocycles. The van der Waals surface area contributed by atoms with Crippen LogP contribution in [0.2, 0.25) is 0 Å². The van der Waals surface area contributed by atoms with Crippen molar-refractivity contribution in [2.75, 3.05) is 32.9 Å². The monoisotopic (exact) mass is 307 g/mol. The summed E-state index contributed by atoms with van der Waals surface area (Å²) in [6, 6.07) is 2.56. The Hall–Kier alpha value is -1.18. The van der Waals surface area contributed by atoms with Crippen LogP contribution in [0.25, 0.3) is 0 Å². The van der Waals surface area contributed by atoms with Crippen LogP contribution in [0.4, 0.5) is 17.6 Å². The van der Waals surface area contributed by atoms with Crippen molar-refractivity contribution in [3.05, 3.63) is 35.1 Å². The molecule has 21 heavy (non-hydrogen) atoms. The van der Waals surface area contributed by atoms with Crippen LogP contribution in [-0.4, -0.2) is 42.9 Å². The number of rotatable bonds is 3. The Balaban J connectivity index is 2.13. The van der Waals surface area contributed by atoms with Crippen molar-refractivity contribution in [3.8, 4) is 0 Å². The molecule has 0 aliphatic carbocycles. The number of nitrogens with zero attached hydrogens (tertiary/aromatic N) is 1. The summed E-state index contributed by atoms with van der Waals surface area (Å²) < 4.78 is 56.7. The van der Waals surface area contributed by atoms with E-state index in [1.807, 2.05) is 4.90 Å². The normalized spacial score (nSPS) is 21.3. The second kappa shape index (κ2) is 6.72. The molecular weight excluding hydrogens is 290 g/mol. The van der Waals surface area contributed by atoms with Gasteiger partial charge in [-0.2, -0.15) is 13.2 Å². The standard InChI is InChI=1S/C14H17F4NO2/c15-13-4-10(3-12(5-13)14(16,17)18)6-19-1-2-21-9-11(7-19)8-20/h3-5,11,20H,1-2,6-9H2/t11-/m0/s1. The minimum absolute atomic E-state index is 0.0482. The molecule has 1 heterocycles. The molecule has 0 radical (unpaired) electrons. The van der Waals surface area contributed by atoms with Gasteiger partial charge >= 0.3 is 6.18 Å². The first-order valence-electron chi connectivity index (χ1n) is 6.66. The zero-order valence-corrected chi connectivity index (χ0v) is 11.4. The predicted molar refractivity (Wildman–Crippen MR) is 68.1 cm³/mol. The number of halogens is 4. The lowest BCUT2D eigenvalue weighted by molar-refractivity contribution is -0.137. The molecule has 2 rings (SSSR count). The number of hydrogen-bond acceptors (Lipinski definition) is 3. The van der Waals surface area contributed by atoms with Gasteiger partial charge in [-0.15, -0.1) is 0 Å². The molecule has 1 aliphatic heterocycles. The molecule has 0 aromatic heterocycles. The van der Waals surface area contributed by atoms with E-state index in [4.69, 9.17) is 4.74 Å². The lowest BCUT2D eigenvalue weighted by Crippen LogP contribution is -2.31. The van der Waals surface area contributed by atoms with Crippen LogP contribution in [0.15, 0.2) is 18.2 Å². The van der Waals surface area contributed by atoms with Crippen molar-refractivity contribution in [1.82, 2.24) is 4.90 Å². The SMILES string of the molecule is OC[C@H]1COCCN(Cc2cc(F)cc(C(F)(F)F)c2)C1. The van der Waals surface area contributed by atoms with E-state index in [1.165, 1.54) is 0 Å². The van der Waals surface area contributed by atoms with Gasteiger partial charge in [0.1, 0.15) is 5.82 Å². The molecule has 1 aromatic carbocycles. The smallest absolute Gasteiger partial charge is 0.396 e. The number of aliphatic hydroxyl groups excluding tert-OH is 1. The topological polar surface area (TPSA) is 32.7 Å². The number of benzene rings is 1. The quantitative estimate of drug-likeness (QED) is 0.870. The summed E-state index contributed by atoms with van der Waals surface area (Å²) in [7, 11) is 0. The maximum absolute atomic E-state index is 13.4. The van der Waals surface area contributed by atoms with Crippen LogP contribution in [0.5, 0.6) is 0 Å². The Kier molecular flexibility index (Phi) is 5.18. The molecule has 1 N–H and O–H groups in total. The Labute approximate surface area is 120 Å². The van der Waals surface area contributed by atoms with Crippen LogP contribution in [0.1, 0.15) is 11.1 Å². The highest BCUT2D eigenvalue weighted by Gasteiger charge is 2.31. The van der Waals surface area contributed by atoms with Crippen molar-refractivity contribution in [2.24, 2.45) is 5.92 Å². The van der Waals surface area contributed by atoms with E-state index in [-0.39, 0.29) is 24.6 Å². The lowest BCUT2D eigenvalue weighted by Gasteiger charge is -2.22. The highest BCUT2D eigenvalue weighted by atomic mass is 19.4. The molecule has 1 fully saturated rings. The van der Waals surface area contributed by atoms with Gasteiger partial charge in [0.2, 0.25) is 0 Å². The minimum Gasteiger partial charge on any atom is -0.396 e. The fraction of sp³-hybridized carbons (Fsp3) is 0.571. The van der Waals surface area contributed by atoms with Gasteiger partial charge in [0.25, 0.3) is 0 Å². The summed E-state index contributed by atoms with van der Waals surface area (Å²) in [6.07, 6.45) is -4.56. The maximum Gasteiger partial charge on any atom is 0.416 e. The van der Waals surface area contributed by atoms with E-state index in [1.54, 1.807) is 0 Å². The third-order valence-electron chi connectivity index (χ3n) is 3.37. The Bertz CT molecular complexity index is 479. The van der Waals surface area contributed by atoms with Crippen molar-refractivity contribution in [3.63, 3.8) is 0 Å². The Morgan fingerprint density at radius 1 is 1.29 bits per heavy atom. The van der Waals surface area contributed by atoms with Gasteiger partial charge in [0.15, 0.2) is 0 Å². The van der Waals surface area contributed by atoms with Crippen LogP contribution in [0.3, 0.4) is 0 Å². The molecular formula is C14H17F4NO2. The molecule has 0 bridgehead atoms. The third-order valence-corrected chi connectivity index (χ3v) is 3.37. The first-order chi connectivity index (χ1) is 9.88. The van der Waals surface area contributed by atoms with Crippen molar-refractivity contribution >= 4 is 0 Å². The summed E-state index contributed by atoms with van der Waals surface area (Å²) in [6.45, 7) is 2.05. The van der Waals surface area contributed by atoms with Gasteiger partial charge in [0, 0.05) is 32.2 Å². The highest BCUT2D eigenvalue weighted by Crippen LogP contribution is 2.30. The van der Waals surface area contributed by atoms with E-state index in [0.29, 0.717) is 32.4 Å². The van der Waals surface area contributed by atoms with Gasteiger partial charge in [-0.25, -0.2) is 4.39 Å². The molecule has 0 amide bonds. The zero-order valence-electron chi connectivity index (χ0n) is 11.4. The maximum atomic E-state index is 13.4. The van der Waals surface area contributed by atoms with Gasteiger partial charge in [-0.1, -0.05) is 0 Å². The second-order valence-corrected chi connectivity index (χ2v) is 5.20. The van der Waals surface area contributed by atoms with Gasteiger partial charge in [-0.05, 0) is 23.8 Å². The predicted octanol–water partition coefficient (Wildman–Crippen LogP) is 2.29. The first-order valence-corrected chi connectivity index (χ1v) is 6.66. The summed E-state index contributed by atoms with van der Waals surface area (Å²) in [5.74, 6) is -0.979. The van der Waals surface area contributed by atoms with Crippen molar-refractivity contribution < 1.29 is 27.4 Å². The van der Waals surface area contributed by atoms with Crippen molar-refractivity contribution in [2.45, 2.75) is 12.7 Å². The van der Waals surface area contributed by atoms with Crippen LogP contribution in [0, 0.1) is 11.7 Å². The fourth-order valence-corrected chi connectivity index (χ4v) is 2.37. The summed E-state index contributed by atoms with van der Waals surface area (Å²) in [4.78, 5) is 1.86. The zero-order chi connectivity index (χ0) is 15.5. The Morgan fingerprint density at radius 3 is 2.71 bits per heavy atom. The summed E-state index contributed by atoms with van der Waals surface area (Å²) in [5.41, 5.74) is -0.719. The summed E-state index contributed by atoms with van der Waals surface area (Å²) in [5, 5.41) is 9.18. The van der Waals surface area contributed by atoms with E-state index < -0.39 is 17.6 Å². The minimum atomic E-state index is -4.56. The van der Waals surface area contributed by atoms with Crippen LogP contribution < -0.4 is 0 Å². The second-order valence-electron chi connectivity index (χ2n) is 5.20. The average Bonchev–Trinajstić information content (AvgIpc) is 2.62. The molecule has 1 aromatic rings. The van der Waals surface area contributed by atoms with Crippen LogP contribution in [-0.2, 0) is 17.5 Å². The van der Waals surface area contributed by atoms with Crippen LogP contribution >= 0.6 is 0 Å². The third kappa shape index (κ3) is 4.66. The average molecular weight is 307 g/mol. The Morgan fingerprint density at radius 2 is 2.05 bits per heavy atom. The molecule has 1 aliphatic rings. The number of alkyl halides is 3. The number of aliphatic hydroxyl groups is 1. The van der Waals surface area contributed by atoms with E-state index in [2.05, 4.69) is 0 Å². The van der Waals surface area contributed by atoms with Gasteiger partial charge in [-0.3, -0.25) is 4.90 Å². The lowest BCUT2D eigenvalue weighted by atomic mass is 10.1. The largest absolute Gasteiger partial charge is 0.416 e. The summed E-state index contributed by atoms with van der Waals surface area (Å²) >= 11 is 0. The van der Waals surface area contributed by atoms with Gasteiger partial charge < -0.3 is 9.84 Å². The molecule has 1 saturated heterocycles. The van der Waals surface area contributed by atoms with Gasteiger partial charge in [0.05, 0.1) is 18.8 Å². The van der Waals surface area contributed by atoms with E-state index in [0.717, 1.165) is 12.1 Å². The number of hydrogen-bond donors (Lipinski definition) is 1. The van der Waals surface area contributed by atoms with E-state index in [9.17, 15) is 22.7 Å². The molecule has 7 heteroatoms. The first kappa shape index (κ1) is 16.2.